The monoisotopic (exact) mass is 1290 g/mol. The Labute approximate surface area is 566 Å². The Bertz CT molecular complexity index is 2160. The van der Waals surface area contributed by atoms with Crippen molar-refractivity contribution in [1.82, 2.24) is 0 Å². The Morgan fingerprint density at radius 2 is 0.587 bits per heavy atom. The van der Waals surface area contributed by atoms with Crippen LogP contribution in [-0.2, 0) is 32.7 Å². The number of allylic oxidation sites excluding steroid dienone is 28. The van der Waals surface area contributed by atoms with Gasteiger partial charge in [-0.05, 0) is 128 Å². The number of carbonyl (C=O) groups excluding carboxylic acids is 2. The van der Waals surface area contributed by atoms with Crippen LogP contribution < -0.4 is 4.89 Å². The van der Waals surface area contributed by atoms with Gasteiger partial charge in [-0.1, -0.05) is 312 Å². The quantitative estimate of drug-likeness (QED) is 0.0195. The van der Waals surface area contributed by atoms with Crippen LogP contribution in [0.25, 0.3) is 0 Å². The van der Waals surface area contributed by atoms with Crippen LogP contribution in [0, 0.1) is 0 Å². The molecule has 2 atom stereocenters. The van der Waals surface area contributed by atoms with Gasteiger partial charge < -0.3 is 27.9 Å². The second-order valence-electron chi connectivity index (χ2n) is 25.2. The van der Waals surface area contributed by atoms with Crippen molar-refractivity contribution in [1.29, 1.82) is 0 Å². The number of rotatable bonds is 66. The van der Waals surface area contributed by atoms with Gasteiger partial charge in [0.05, 0.1) is 27.7 Å². The minimum absolute atomic E-state index is 0.0393. The summed E-state index contributed by atoms with van der Waals surface area (Å²) in [5, 5.41) is 0. The molecule has 0 aliphatic carbocycles. The molecule has 0 aromatic heterocycles. The predicted molar refractivity (Wildman–Crippen MR) is 396 cm³/mol. The van der Waals surface area contributed by atoms with E-state index in [9.17, 15) is 19.0 Å². The summed E-state index contributed by atoms with van der Waals surface area (Å²) in [5.41, 5.74) is 0. The normalized spacial score (nSPS) is 14.1. The predicted octanol–water partition coefficient (Wildman–Crippen LogP) is 23.9. The third kappa shape index (κ3) is 74.4. The molecular formula is C82H136NO8P. The average molecular weight is 1290 g/mol. The highest BCUT2D eigenvalue weighted by Crippen LogP contribution is 2.38. The Kier molecular flexibility index (Phi) is 67.1. The van der Waals surface area contributed by atoms with Crippen LogP contribution in [0.5, 0.6) is 0 Å². The lowest BCUT2D eigenvalue weighted by atomic mass is 10.0. The summed E-state index contributed by atoms with van der Waals surface area (Å²) in [6.07, 6.45) is 107. The number of ether oxygens (including phenoxy) is 2. The molecule has 0 spiro atoms. The summed E-state index contributed by atoms with van der Waals surface area (Å²) < 4.78 is 34.3. The van der Waals surface area contributed by atoms with Gasteiger partial charge >= 0.3 is 11.9 Å². The van der Waals surface area contributed by atoms with Crippen LogP contribution in [0.3, 0.4) is 0 Å². The largest absolute Gasteiger partial charge is 0.756 e. The van der Waals surface area contributed by atoms with E-state index in [1.54, 1.807) is 0 Å². The summed E-state index contributed by atoms with van der Waals surface area (Å²) in [5.74, 6) is -0.846. The van der Waals surface area contributed by atoms with E-state index in [1.165, 1.54) is 109 Å². The number of carbonyl (C=O) groups is 2. The minimum atomic E-state index is -4.66. The molecule has 0 saturated carbocycles. The molecule has 0 bridgehead atoms. The highest BCUT2D eigenvalue weighted by molar-refractivity contribution is 7.45. The van der Waals surface area contributed by atoms with Crippen molar-refractivity contribution >= 4 is 19.8 Å². The standard InChI is InChI=1S/C82H136NO8P/c1-6-8-10-12-14-16-18-20-22-24-26-28-30-32-34-35-36-37-38-39-40-41-42-43-44-45-46-47-49-51-53-55-57-59-61-63-65-67-69-71-73-75-82(85)91-80(79-90-92(86,87)89-77-76-83(3,4)5)78-88-81(84)74-72-70-68-66-64-62-60-58-56-54-52-50-48-33-31-29-27-25-23-21-19-17-15-13-11-9-7-2/h8-11,14-17,20-23,26-29,32-34,36-37,39-40,42-43,48,52,54,80H,6-7,12-13,18-19,24-25,30-31,35,38,41,44-47,49-51,53,55-79H2,1-5H3/b10-8-,11-9-,16-14-,17-15-,22-20-,23-21-,28-26-,29-27-,34-32-,37-36-,40-39-,43-42-,48-33-,54-52-. The van der Waals surface area contributed by atoms with Crippen molar-refractivity contribution in [2.45, 2.75) is 290 Å². The molecule has 0 rings (SSSR count). The summed E-state index contributed by atoms with van der Waals surface area (Å²) >= 11 is 0. The first kappa shape index (κ1) is 87.4. The molecule has 2 unspecified atom stereocenters. The first-order valence-electron chi connectivity index (χ1n) is 36.8. The maximum atomic E-state index is 12.9. The molecule has 0 fully saturated rings. The van der Waals surface area contributed by atoms with E-state index in [-0.39, 0.29) is 26.1 Å². The van der Waals surface area contributed by atoms with E-state index in [0.717, 1.165) is 135 Å². The summed E-state index contributed by atoms with van der Waals surface area (Å²) in [4.78, 5) is 38.1. The number of unbranched alkanes of at least 4 members (excludes halogenated alkanes) is 24. The summed E-state index contributed by atoms with van der Waals surface area (Å²) in [6.45, 7) is 4.00. The lowest BCUT2D eigenvalue weighted by molar-refractivity contribution is -0.870. The van der Waals surface area contributed by atoms with Crippen molar-refractivity contribution < 1.29 is 42.1 Å². The molecule has 0 saturated heterocycles. The Hall–Kier alpha value is -4.63. The maximum Gasteiger partial charge on any atom is 0.306 e. The zero-order valence-electron chi connectivity index (χ0n) is 59.4. The SMILES string of the molecule is CC/C=C\C/C=C\C/C=C\C/C=C\C/C=C\C/C=C\C/C=C\C/C=C\CCCCCCCCCCCCCCCCCCC(=O)OC(COC(=O)CCCCCCCCCC/C=C\C/C=C\C/C=C\C/C=C\C/C=C\C/C=C\CC)COP(=O)([O-])OCC[N+](C)(C)C. The molecule has 0 aromatic rings. The number of esters is 2. The van der Waals surface area contributed by atoms with E-state index in [2.05, 4.69) is 184 Å². The fourth-order valence-electron chi connectivity index (χ4n) is 9.68. The van der Waals surface area contributed by atoms with Gasteiger partial charge in [-0.25, -0.2) is 0 Å². The third-order valence-corrected chi connectivity index (χ3v) is 16.2. The fraction of sp³-hybridized carbons (Fsp3) is 0.634. The van der Waals surface area contributed by atoms with E-state index >= 15 is 0 Å². The number of quaternary nitrogens is 1. The first-order valence-corrected chi connectivity index (χ1v) is 38.3. The zero-order chi connectivity index (χ0) is 66.9. The molecule has 0 aliphatic rings. The molecule has 0 amide bonds. The smallest absolute Gasteiger partial charge is 0.306 e. The van der Waals surface area contributed by atoms with Crippen molar-refractivity contribution in [3.05, 3.63) is 170 Å². The van der Waals surface area contributed by atoms with Gasteiger partial charge in [0.2, 0.25) is 0 Å². The van der Waals surface area contributed by atoms with Crippen LogP contribution in [-0.4, -0.2) is 70.0 Å². The second-order valence-corrected chi connectivity index (χ2v) is 26.6. The van der Waals surface area contributed by atoms with Gasteiger partial charge in [-0.3, -0.25) is 14.2 Å². The van der Waals surface area contributed by atoms with Gasteiger partial charge in [0.1, 0.15) is 19.8 Å². The molecule has 10 heteroatoms. The molecular weight excluding hydrogens is 1160 g/mol. The van der Waals surface area contributed by atoms with Crippen molar-refractivity contribution in [2.75, 3.05) is 47.5 Å². The molecule has 0 aromatic carbocycles. The van der Waals surface area contributed by atoms with Gasteiger partial charge in [0.15, 0.2) is 6.10 Å². The zero-order valence-corrected chi connectivity index (χ0v) is 60.3. The minimum Gasteiger partial charge on any atom is -0.756 e. The number of phosphoric acid groups is 1. The molecule has 92 heavy (non-hydrogen) atoms. The van der Waals surface area contributed by atoms with Crippen LogP contribution in [0.1, 0.15) is 284 Å². The van der Waals surface area contributed by atoms with E-state index in [1.807, 2.05) is 21.1 Å². The van der Waals surface area contributed by atoms with Crippen LogP contribution in [0.15, 0.2) is 170 Å². The van der Waals surface area contributed by atoms with Crippen molar-refractivity contribution in [3.8, 4) is 0 Å². The maximum absolute atomic E-state index is 12.9. The fourth-order valence-corrected chi connectivity index (χ4v) is 10.4. The number of hydrogen-bond acceptors (Lipinski definition) is 8. The molecule has 522 valence electrons. The summed E-state index contributed by atoms with van der Waals surface area (Å²) in [7, 11) is 1.15. The first-order chi connectivity index (χ1) is 45.0. The second kappa shape index (κ2) is 70.7. The number of nitrogens with zero attached hydrogens (tertiary/aromatic N) is 1. The average Bonchev–Trinajstić information content (AvgIpc) is 2.23. The summed E-state index contributed by atoms with van der Waals surface area (Å²) in [6, 6.07) is 0. The lowest BCUT2D eigenvalue weighted by Crippen LogP contribution is -2.37. The Morgan fingerprint density at radius 1 is 0.337 bits per heavy atom. The topological polar surface area (TPSA) is 111 Å². The van der Waals surface area contributed by atoms with Crippen molar-refractivity contribution in [2.24, 2.45) is 0 Å². The highest BCUT2D eigenvalue weighted by atomic mass is 31.2. The number of likely N-dealkylation sites (N-methyl/N-ethyl adjacent to an activating group) is 1. The van der Waals surface area contributed by atoms with Gasteiger partial charge in [0, 0.05) is 12.8 Å². The number of phosphoric ester groups is 1. The van der Waals surface area contributed by atoms with Crippen LogP contribution in [0.2, 0.25) is 0 Å². The molecule has 0 N–H and O–H groups in total. The number of hydrogen-bond donors (Lipinski definition) is 0. The molecule has 0 aliphatic heterocycles. The Balaban J connectivity index is 4.05. The molecule has 0 heterocycles. The molecule has 9 nitrogen and oxygen atoms in total. The van der Waals surface area contributed by atoms with E-state index < -0.39 is 32.5 Å². The Morgan fingerprint density at radius 3 is 0.870 bits per heavy atom. The van der Waals surface area contributed by atoms with Crippen LogP contribution >= 0.6 is 7.82 Å². The van der Waals surface area contributed by atoms with Crippen molar-refractivity contribution in [3.63, 3.8) is 0 Å². The van der Waals surface area contributed by atoms with Crippen LogP contribution in [0.4, 0.5) is 0 Å². The molecule has 0 radical (unpaired) electrons. The van der Waals surface area contributed by atoms with E-state index in [0.29, 0.717) is 23.9 Å². The lowest BCUT2D eigenvalue weighted by Gasteiger charge is -2.28. The van der Waals surface area contributed by atoms with E-state index in [4.69, 9.17) is 18.5 Å². The van der Waals surface area contributed by atoms with Gasteiger partial charge in [-0.2, -0.15) is 0 Å². The highest BCUT2D eigenvalue weighted by Gasteiger charge is 2.22. The van der Waals surface area contributed by atoms with Gasteiger partial charge in [0.25, 0.3) is 7.82 Å². The third-order valence-electron chi connectivity index (χ3n) is 15.2. The van der Waals surface area contributed by atoms with Gasteiger partial charge in [-0.15, -0.1) is 0 Å².